The van der Waals surface area contributed by atoms with E-state index in [9.17, 15) is 4.79 Å². The van der Waals surface area contributed by atoms with Crippen LogP contribution in [0.25, 0.3) is 0 Å². The van der Waals surface area contributed by atoms with Gasteiger partial charge in [-0.05, 0) is 36.2 Å². The average Bonchev–Trinajstić information content (AvgIpc) is 2.65. The van der Waals surface area contributed by atoms with Gasteiger partial charge in [0, 0.05) is 6.54 Å². The highest BCUT2D eigenvalue weighted by atomic mass is 35.5. The highest BCUT2D eigenvalue weighted by molar-refractivity contribution is 6.33. The van der Waals surface area contributed by atoms with Crippen molar-refractivity contribution in [2.24, 2.45) is 0 Å². The number of nitrogens with zero attached hydrogens (tertiary/aromatic N) is 2. The Morgan fingerprint density at radius 2 is 1.68 bits per heavy atom. The molecule has 25 heavy (non-hydrogen) atoms. The molecule has 0 atom stereocenters. The number of rotatable bonds is 6. The van der Waals surface area contributed by atoms with E-state index >= 15 is 0 Å². The molecule has 0 unspecified atom stereocenters. The Morgan fingerprint density at radius 1 is 0.920 bits per heavy atom. The first-order chi connectivity index (χ1) is 12.2. The van der Waals surface area contributed by atoms with Crippen LogP contribution in [0.5, 0.6) is 0 Å². The number of aromatic nitrogens is 2. The summed E-state index contributed by atoms with van der Waals surface area (Å²) < 4.78 is 0. The SMILES string of the molecule is O=C(NCCc1ccccc1)c1ccc(Nc2ccccc2Cl)nn1. The summed E-state index contributed by atoms with van der Waals surface area (Å²) in [4.78, 5) is 12.1. The van der Waals surface area contributed by atoms with Crippen LogP contribution in [-0.4, -0.2) is 22.6 Å². The average molecular weight is 353 g/mol. The molecule has 3 aromatic rings. The molecule has 2 N–H and O–H groups in total. The van der Waals surface area contributed by atoms with Crippen LogP contribution < -0.4 is 10.6 Å². The van der Waals surface area contributed by atoms with Gasteiger partial charge in [-0.2, -0.15) is 0 Å². The van der Waals surface area contributed by atoms with Crippen molar-refractivity contribution in [2.75, 3.05) is 11.9 Å². The van der Waals surface area contributed by atoms with Gasteiger partial charge in [0.1, 0.15) is 0 Å². The van der Waals surface area contributed by atoms with E-state index in [4.69, 9.17) is 11.6 Å². The van der Waals surface area contributed by atoms with E-state index in [0.29, 0.717) is 17.4 Å². The van der Waals surface area contributed by atoms with Crippen molar-refractivity contribution in [3.05, 3.63) is 83.0 Å². The Labute approximate surface area is 151 Å². The molecule has 0 radical (unpaired) electrons. The summed E-state index contributed by atoms with van der Waals surface area (Å²) in [5.41, 5.74) is 2.18. The van der Waals surface area contributed by atoms with Crippen LogP contribution >= 0.6 is 11.6 Å². The highest BCUT2D eigenvalue weighted by Crippen LogP contribution is 2.23. The molecule has 0 aliphatic rings. The standard InChI is InChI=1S/C19H17ClN4O/c20-15-8-4-5-9-16(15)22-18-11-10-17(23-24-18)19(25)21-13-12-14-6-2-1-3-7-14/h1-11H,12-13H2,(H,21,25)(H,22,24). The first kappa shape index (κ1) is 16.9. The summed E-state index contributed by atoms with van der Waals surface area (Å²) in [6.45, 7) is 0.546. The minimum absolute atomic E-state index is 0.243. The minimum Gasteiger partial charge on any atom is -0.350 e. The molecule has 1 amide bonds. The van der Waals surface area contributed by atoms with Crippen molar-refractivity contribution in [1.82, 2.24) is 15.5 Å². The molecule has 126 valence electrons. The summed E-state index contributed by atoms with van der Waals surface area (Å²) in [6.07, 6.45) is 0.770. The van der Waals surface area contributed by atoms with E-state index in [1.807, 2.05) is 48.5 Å². The second-order valence-electron chi connectivity index (χ2n) is 5.40. The van der Waals surface area contributed by atoms with Crippen molar-refractivity contribution < 1.29 is 4.79 Å². The van der Waals surface area contributed by atoms with Gasteiger partial charge in [0.25, 0.3) is 5.91 Å². The van der Waals surface area contributed by atoms with Crippen LogP contribution in [0.1, 0.15) is 16.1 Å². The fourth-order valence-electron chi connectivity index (χ4n) is 2.28. The molecule has 0 saturated heterocycles. The molecule has 5 nitrogen and oxygen atoms in total. The van der Waals surface area contributed by atoms with Crippen LogP contribution in [0.15, 0.2) is 66.7 Å². The van der Waals surface area contributed by atoms with Crippen LogP contribution in [0, 0.1) is 0 Å². The van der Waals surface area contributed by atoms with Gasteiger partial charge in [-0.3, -0.25) is 4.79 Å². The molecule has 3 rings (SSSR count). The molecule has 0 aliphatic carbocycles. The number of carbonyl (C=O) groups is 1. The first-order valence-electron chi connectivity index (χ1n) is 7.90. The van der Waals surface area contributed by atoms with Gasteiger partial charge < -0.3 is 10.6 Å². The quantitative estimate of drug-likeness (QED) is 0.707. The third-order valence-electron chi connectivity index (χ3n) is 3.58. The largest absolute Gasteiger partial charge is 0.350 e. The van der Waals surface area contributed by atoms with Crippen molar-refractivity contribution >= 4 is 29.0 Å². The predicted molar refractivity (Wildman–Crippen MR) is 99.2 cm³/mol. The van der Waals surface area contributed by atoms with Gasteiger partial charge in [-0.25, -0.2) is 0 Å². The Bertz CT molecular complexity index is 838. The lowest BCUT2D eigenvalue weighted by atomic mass is 10.1. The van der Waals surface area contributed by atoms with E-state index in [-0.39, 0.29) is 11.6 Å². The number of carbonyl (C=O) groups excluding carboxylic acids is 1. The van der Waals surface area contributed by atoms with E-state index < -0.39 is 0 Å². The summed E-state index contributed by atoms with van der Waals surface area (Å²) in [7, 11) is 0. The molecule has 0 fully saturated rings. The molecule has 2 aromatic carbocycles. The normalized spacial score (nSPS) is 10.3. The monoisotopic (exact) mass is 352 g/mol. The highest BCUT2D eigenvalue weighted by Gasteiger charge is 2.08. The Kier molecular flexibility index (Phi) is 5.59. The van der Waals surface area contributed by atoms with Gasteiger partial charge in [0.2, 0.25) is 0 Å². The second kappa shape index (κ2) is 8.26. The third kappa shape index (κ3) is 4.78. The van der Waals surface area contributed by atoms with E-state index in [1.54, 1.807) is 18.2 Å². The zero-order valence-electron chi connectivity index (χ0n) is 13.4. The van der Waals surface area contributed by atoms with Crippen LogP contribution in [0.4, 0.5) is 11.5 Å². The zero-order chi connectivity index (χ0) is 17.5. The van der Waals surface area contributed by atoms with Gasteiger partial charge in [-0.1, -0.05) is 54.1 Å². The number of benzene rings is 2. The molecule has 0 bridgehead atoms. The molecule has 1 aromatic heterocycles. The Morgan fingerprint density at radius 3 is 2.40 bits per heavy atom. The van der Waals surface area contributed by atoms with Crippen LogP contribution in [0.2, 0.25) is 5.02 Å². The second-order valence-corrected chi connectivity index (χ2v) is 5.81. The minimum atomic E-state index is -0.243. The lowest BCUT2D eigenvalue weighted by molar-refractivity contribution is 0.0948. The number of halogens is 1. The number of hydrogen-bond acceptors (Lipinski definition) is 4. The number of para-hydroxylation sites is 1. The molecular weight excluding hydrogens is 336 g/mol. The Balaban J connectivity index is 1.54. The number of nitrogens with one attached hydrogen (secondary N) is 2. The molecular formula is C19H17ClN4O. The maximum absolute atomic E-state index is 12.1. The van der Waals surface area contributed by atoms with Crippen molar-refractivity contribution in [1.29, 1.82) is 0 Å². The topological polar surface area (TPSA) is 66.9 Å². The summed E-state index contributed by atoms with van der Waals surface area (Å²) in [5.74, 6) is 0.279. The molecule has 6 heteroatoms. The number of amides is 1. The van der Waals surface area contributed by atoms with Crippen molar-refractivity contribution in [3.8, 4) is 0 Å². The van der Waals surface area contributed by atoms with Crippen molar-refractivity contribution in [3.63, 3.8) is 0 Å². The van der Waals surface area contributed by atoms with Crippen molar-refractivity contribution in [2.45, 2.75) is 6.42 Å². The fraction of sp³-hybridized carbons (Fsp3) is 0.105. The lowest BCUT2D eigenvalue weighted by Gasteiger charge is -2.08. The summed E-state index contributed by atoms with van der Waals surface area (Å²) in [5, 5.41) is 14.5. The van der Waals surface area contributed by atoms with Gasteiger partial charge in [-0.15, -0.1) is 10.2 Å². The van der Waals surface area contributed by atoms with Gasteiger partial charge in [0.05, 0.1) is 10.7 Å². The van der Waals surface area contributed by atoms with E-state index in [1.165, 1.54) is 5.56 Å². The smallest absolute Gasteiger partial charge is 0.271 e. The first-order valence-corrected chi connectivity index (χ1v) is 8.27. The molecule has 0 saturated carbocycles. The van der Waals surface area contributed by atoms with Crippen LogP contribution in [-0.2, 0) is 6.42 Å². The summed E-state index contributed by atoms with van der Waals surface area (Å²) >= 11 is 6.09. The lowest BCUT2D eigenvalue weighted by Crippen LogP contribution is -2.26. The third-order valence-corrected chi connectivity index (χ3v) is 3.91. The molecule has 0 aliphatic heterocycles. The predicted octanol–water partition coefficient (Wildman–Crippen LogP) is 3.85. The van der Waals surface area contributed by atoms with Crippen LogP contribution in [0.3, 0.4) is 0 Å². The van der Waals surface area contributed by atoms with E-state index in [2.05, 4.69) is 20.8 Å². The molecule has 1 heterocycles. The number of hydrogen-bond donors (Lipinski definition) is 2. The fourth-order valence-corrected chi connectivity index (χ4v) is 2.46. The maximum atomic E-state index is 12.1. The zero-order valence-corrected chi connectivity index (χ0v) is 14.2. The van der Waals surface area contributed by atoms with Gasteiger partial charge >= 0.3 is 0 Å². The Hall–Kier alpha value is -2.92. The van der Waals surface area contributed by atoms with Gasteiger partial charge in [0.15, 0.2) is 11.5 Å². The van der Waals surface area contributed by atoms with E-state index in [0.717, 1.165) is 12.1 Å². The number of anilines is 2. The molecule has 0 spiro atoms. The maximum Gasteiger partial charge on any atom is 0.271 e. The summed E-state index contributed by atoms with van der Waals surface area (Å²) in [6, 6.07) is 20.7.